The van der Waals surface area contributed by atoms with E-state index in [4.69, 9.17) is 21.1 Å². The van der Waals surface area contributed by atoms with Crippen molar-refractivity contribution in [3.8, 4) is 5.75 Å². The van der Waals surface area contributed by atoms with Gasteiger partial charge < -0.3 is 14.8 Å². The molecule has 1 aliphatic rings. The van der Waals surface area contributed by atoms with Gasteiger partial charge >= 0.3 is 0 Å². The van der Waals surface area contributed by atoms with Crippen molar-refractivity contribution in [1.29, 1.82) is 0 Å². The number of ether oxygens (including phenoxy) is 2. The third kappa shape index (κ3) is 4.37. The zero-order valence-corrected chi connectivity index (χ0v) is 13.0. The van der Waals surface area contributed by atoms with E-state index in [0.29, 0.717) is 17.0 Å². The highest BCUT2D eigenvalue weighted by Gasteiger charge is 2.30. The maximum absolute atomic E-state index is 6.06. The molecule has 1 N–H and O–H groups in total. The van der Waals surface area contributed by atoms with E-state index in [1.807, 2.05) is 24.3 Å². The second-order valence-corrected chi connectivity index (χ2v) is 5.82. The van der Waals surface area contributed by atoms with Crippen molar-refractivity contribution in [1.82, 2.24) is 5.32 Å². The summed E-state index contributed by atoms with van der Waals surface area (Å²) in [7, 11) is 0. The monoisotopic (exact) mass is 297 g/mol. The molecule has 112 valence electrons. The molecule has 3 atom stereocenters. The molecule has 0 aliphatic carbocycles. The Labute approximate surface area is 126 Å². The van der Waals surface area contributed by atoms with Gasteiger partial charge in [0.2, 0.25) is 0 Å². The van der Waals surface area contributed by atoms with Gasteiger partial charge in [0.15, 0.2) is 0 Å². The van der Waals surface area contributed by atoms with E-state index >= 15 is 0 Å². The average Bonchev–Trinajstić information content (AvgIpc) is 2.93. The van der Waals surface area contributed by atoms with Crippen LogP contribution in [-0.2, 0) is 4.74 Å². The molecule has 1 heterocycles. The number of halogens is 1. The Hall–Kier alpha value is -0.770. The Balaban J connectivity index is 1.99. The minimum Gasteiger partial charge on any atom is -0.489 e. The summed E-state index contributed by atoms with van der Waals surface area (Å²) >= 11 is 6.00. The zero-order valence-electron chi connectivity index (χ0n) is 12.3. The molecule has 2 rings (SSSR count). The minimum atomic E-state index is 0.0896. The van der Waals surface area contributed by atoms with Crippen LogP contribution in [0.2, 0.25) is 5.02 Å². The Morgan fingerprint density at radius 1 is 1.50 bits per heavy atom. The first-order valence-electron chi connectivity index (χ1n) is 7.44. The van der Waals surface area contributed by atoms with Gasteiger partial charge in [-0.3, -0.25) is 0 Å². The topological polar surface area (TPSA) is 30.5 Å². The lowest BCUT2D eigenvalue weighted by atomic mass is 9.94. The smallest absolute Gasteiger partial charge is 0.121 e. The molecular formula is C16H24ClNO2. The normalized spacial score (nSPS) is 21.6. The van der Waals surface area contributed by atoms with Crippen molar-refractivity contribution >= 4 is 11.6 Å². The van der Waals surface area contributed by atoms with Crippen LogP contribution in [-0.4, -0.2) is 31.9 Å². The molecule has 1 fully saturated rings. The maximum Gasteiger partial charge on any atom is 0.121 e. The van der Waals surface area contributed by atoms with Crippen LogP contribution in [0.25, 0.3) is 0 Å². The molecule has 0 saturated carbocycles. The van der Waals surface area contributed by atoms with Crippen molar-refractivity contribution in [3.05, 3.63) is 29.3 Å². The van der Waals surface area contributed by atoms with Crippen LogP contribution < -0.4 is 10.1 Å². The summed E-state index contributed by atoms with van der Waals surface area (Å²) in [5.74, 6) is 1.35. The minimum absolute atomic E-state index is 0.0896. The molecule has 3 nitrogen and oxygen atoms in total. The fraction of sp³-hybridized carbons (Fsp3) is 0.625. The third-order valence-corrected chi connectivity index (χ3v) is 3.96. The molecule has 0 radical (unpaired) electrons. The SMILES string of the molecule is CCCNC(C1CCOC1)C(C)Oc1cccc(Cl)c1. The molecule has 0 amide bonds. The summed E-state index contributed by atoms with van der Waals surface area (Å²) in [5.41, 5.74) is 0. The van der Waals surface area contributed by atoms with Gasteiger partial charge in [-0.1, -0.05) is 24.6 Å². The first-order chi connectivity index (χ1) is 9.70. The summed E-state index contributed by atoms with van der Waals surface area (Å²) in [5, 5.41) is 4.31. The van der Waals surface area contributed by atoms with Crippen molar-refractivity contribution in [2.24, 2.45) is 5.92 Å². The van der Waals surface area contributed by atoms with Crippen molar-refractivity contribution in [3.63, 3.8) is 0 Å². The predicted octanol–water partition coefficient (Wildman–Crippen LogP) is 3.51. The second-order valence-electron chi connectivity index (χ2n) is 5.38. The number of benzene rings is 1. The maximum atomic E-state index is 6.06. The lowest BCUT2D eigenvalue weighted by Crippen LogP contribution is -2.47. The molecule has 0 aromatic heterocycles. The molecule has 0 bridgehead atoms. The highest BCUT2D eigenvalue weighted by molar-refractivity contribution is 6.30. The largest absolute Gasteiger partial charge is 0.489 e. The summed E-state index contributed by atoms with van der Waals surface area (Å²) in [6.07, 6.45) is 2.31. The van der Waals surface area contributed by atoms with Gasteiger partial charge in [-0.15, -0.1) is 0 Å². The van der Waals surface area contributed by atoms with Crippen LogP contribution in [0, 0.1) is 5.92 Å². The van der Waals surface area contributed by atoms with Crippen LogP contribution in [0.3, 0.4) is 0 Å². The van der Waals surface area contributed by atoms with Gasteiger partial charge in [-0.2, -0.15) is 0 Å². The first-order valence-corrected chi connectivity index (χ1v) is 7.82. The highest BCUT2D eigenvalue weighted by Crippen LogP contribution is 2.24. The molecular weight excluding hydrogens is 274 g/mol. The quantitative estimate of drug-likeness (QED) is 0.835. The van der Waals surface area contributed by atoms with E-state index in [2.05, 4.69) is 19.2 Å². The molecule has 0 spiro atoms. The Kier molecular flexibility index (Phi) is 6.14. The Bertz CT molecular complexity index is 407. The van der Waals surface area contributed by atoms with Crippen LogP contribution in [0.4, 0.5) is 0 Å². The van der Waals surface area contributed by atoms with Crippen LogP contribution in [0.1, 0.15) is 26.7 Å². The van der Waals surface area contributed by atoms with Gasteiger partial charge in [0, 0.05) is 23.6 Å². The lowest BCUT2D eigenvalue weighted by Gasteiger charge is -2.30. The molecule has 4 heteroatoms. The lowest BCUT2D eigenvalue weighted by molar-refractivity contribution is 0.118. The Morgan fingerprint density at radius 2 is 2.35 bits per heavy atom. The van der Waals surface area contributed by atoms with Gasteiger partial charge in [0.1, 0.15) is 11.9 Å². The third-order valence-electron chi connectivity index (χ3n) is 3.73. The number of hydrogen-bond acceptors (Lipinski definition) is 3. The molecule has 3 unspecified atom stereocenters. The van der Waals surface area contributed by atoms with Crippen molar-refractivity contribution in [2.45, 2.75) is 38.8 Å². The Morgan fingerprint density at radius 3 is 3.00 bits per heavy atom. The van der Waals surface area contributed by atoms with E-state index < -0.39 is 0 Å². The predicted molar refractivity (Wildman–Crippen MR) is 82.5 cm³/mol. The molecule has 1 aliphatic heterocycles. The van der Waals surface area contributed by atoms with Crippen molar-refractivity contribution in [2.75, 3.05) is 19.8 Å². The fourth-order valence-corrected chi connectivity index (χ4v) is 2.87. The van der Waals surface area contributed by atoms with Gasteiger partial charge in [-0.05, 0) is 44.5 Å². The van der Waals surface area contributed by atoms with E-state index in [1.165, 1.54) is 0 Å². The molecule has 1 aromatic rings. The van der Waals surface area contributed by atoms with Crippen molar-refractivity contribution < 1.29 is 9.47 Å². The van der Waals surface area contributed by atoms with Crippen LogP contribution in [0.15, 0.2) is 24.3 Å². The van der Waals surface area contributed by atoms with E-state index in [9.17, 15) is 0 Å². The van der Waals surface area contributed by atoms with Gasteiger partial charge in [0.25, 0.3) is 0 Å². The summed E-state index contributed by atoms with van der Waals surface area (Å²) in [6, 6.07) is 7.90. The van der Waals surface area contributed by atoms with Crippen LogP contribution >= 0.6 is 11.6 Å². The highest BCUT2D eigenvalue weighted by atomic mass is 35.5. The summed E-state index contributed by atoms with van der Waals surface area (Å²) < 4.78 is 11.6. The molecule has 20 heavy (non-hydrogen) atoms. The standard InChI is InChI=1S/C16H24ClNO2/c1-3-8-18-16(13-7-9-19-11-13)12(2)20-15-6-4-5-14(17)10-15/h4-6,10,12-13,16,18H,3,7-9,11H2,1-2H3. The number of nitrogens with one attached hydrogen (secondary N) is 1. The van der Waals surface area contributed by atoms with Crippen LogP contribution in [0.5, 0.6) is 5.75 Å². The second kappa shape index (κ2) is 7.87. The van der Waals surface area contributed by atoms with E-state index in [0.717, 1.165) is 38.3 Å². The van der Waals surface area contributed by atoms with Gasteiger partial charge in [-0.25, -0.2) is 0 Å². The molecule has 1 saturated heterocycles. The fourth-order valence-electron chi connectivity index (χ4n) is 2.69. The number of rotatable bonds is 7. The summed E-state index contributed by atoms with van der Waals surface area (Å²) in [6.45, 7) is 6.98. The van der Waals surface area contributed by atoms with E-state index in [1.54, 1.807) is 0 Å². The summed E-state index contributed by atoms with van der Waals surface area (Å²) in [4.78, 5) is 0. The average molecular weight is 298 g/mol. The van der Waals surface area contributed by atoms with E-state index in [-0.39, 0.29) is 6.10 Å². The molecule has 1 aromatic carbocycles. The zero-order chi connectivity index (χ0) is 14.4. The van der Waals surface area contributed by atoms with Gasteiger partial charge in [0.05, 0.1) is 6.61 Å². The number of hydrogen-bond donors (Lipinski definition) is 1. The first kappa shape index (κ1) is 15.6.